The number of methoxy groups -OCH3 is 1. The van der Waals surface area contributed by atoms with Crippen LogP contribution in [0.15, 0.2) is 61.1 Å². The molecule has 1 aliphatic carbocycles. The molecule has 0 amide bonds. The fourth-order valence-corrected chi connectivity index (χ4v) is 6.08. The van der Waals surface area contributed by atoms with Gasteiger partial charge in [-0.05, 0) is 30.0 Å². The summed E-state index contributed by atoms with van der Waals surface area (Å²) >= 11 is 0. The van der Waals surface area contributed by atoms with Gasteiger partial charge in [0, 0.05) is 93.1 Å². The molecule has 5 aromatic rings. The van der Waals surface area contributed by atoms with Crippen molar-refractivity contribution in [1.82, 2.24) is 34.8 Å². The third-order valence-corrected chi connectivity index (χ3v) is 8.20. The first-order chi connectivity index (χ1) is 20.1. The summed E-state index contributed by atoms with van der Waals surface area (Å²) in [5.74, 6) is 1.66. The molecule has 0 saturated carbocycles. The van der Waals surface area contributed by atoms with Crippen molar-refractivity contribution in [3.8, 4) is 39.4 Å². The van der Waals surface area contributed by atoms with Gasteiger partial charge in [0.1, 0.15) is 11.6 Å². The molecule has 7 rings (SSSR count). The predicted molar refractivity (Wildman–Crippen MR) is 160 cm³/mol. The van der Waals surface area contributed by atoms with Crippen LogP contribution in [0.4, 0.5) is 5.69 Å². The number of aryl methyl sites for hydroxylation is 4. The van der Waals surface area contributed by atoms with Gasteiger partial charge in [-0.15, -0.1) is 0 Å². The second-order valence-corrected chi connectivity index (χ2v) is 10.8. The fraction of sp³-hybridized carbons (Fsp3) is 0.312. The monoisotopic (exact) mass is 546 g/mol. The van der Waals surface area contributed by atoms with Gasteiger partial charge in [0.15, 0.2) is 0 Å². The van der Waals surface area contributed by atoms with Crippen molar-refractivity contribution in [2.45, 2.75) is 19.3 Å². The third-order valence-electron chi connectivity index (χ3n) is 8.20. The summed E-state index contributed by atoms with van der Waals surface area (Å²) in [6.07, 6.45) is 8.30. The maximum absolute atomic E-state index is 5.82. The number of ether oxygens (including phenoxy) is 1. The van der Waals surface area contributed by atoms with Gasteiger partial charge in [-0.3, -0.25) is 9.36 Å². The van der Waals surface area contributed by atoms with Crippen molar-refractivity contribution in [3.05, 3.63) is 83.7 Å². The van der Waals surface area contributed by atoms with Gasteiger partial charge >= 0.3 is 0 Å². The molecule has 9 heteroatoms. The average molecular weight is 547 g/mol. The maximum Gasteiger partial charge on any atom is 0.133 e. The number of piperazine rings is 1. The first kappa shape index (κ1) is 25.5. The zero-order valence-electron chi connectivity index (χ0n) is 23.8. The van der Waals surface area contributed by atoms with Crippen LogP contribution in [0.5, 0.6) is 5.75 Å². The fourth-order valence-electron chi connectivity index (χ4n) is 6.08. The van der Waals surface area contributed by atoms with Gasteiger partial charge in [0.25, 0.3) is 0 Å². The first-order valence-corrected chi connectivity index (χ1v) is 14.2. The van der Waals surface area contributed by atoms with Crippen molar-refractivity contribution >= 4 is 5.69 Å². The number of benzene rings is 2. The summed E-state index contributed by atoms with van der Waals surface area (Å²) in [5, 5.41) is 12.6. The van der Waals surface area contributed by atoms with E-state index in [-0.39, 0.29) is 0 Å². The second kappa shape index (κ2) is 10.5. The number of rotatable bonds is 6. The van der Waals surface area contributed by atoms with E-state index in [4.69, 9.17) is 19.8 Å². The second-order valence-electron chi connectivity index (χ2n) is 10.8. The minimum atomic E-state index is 0.600. The Morgan fingerprint density at radius 1 is 0.927 bits per heavy atom. The lowest BCUT2D eigenvalue weighted by atomic mass is 9.91. The topological polar surface area (TPSA) is 85.9 Å². The van der Waals surface area contributed by atoms with Crippen LogP contribution in [0.3, 0.4) is 0 Å². The third kappa shape index (κ3) is 4.76. The molecule has 208 valence electrons. The van der Waals surface area contributed by atoms with E-state index in [2.05, 4.69) is 57.8 Å². The first-order valence-electron chi connectivity index (χ1n) is 14.2. The summed E-state index contributed by atoms with van der Waals surface area (Å²) in [5.41, 5.74) is 11.1. The molecule has 1 saturated heterocycles. The van der Waals surface area contributed by atoms with Crippen LogP contribution in [0.1, 0.15) is 22.6 Å². The standard InChI is InChI=1S/C32H34N8O/c1-38-20-25(19-35-38)21-4-6-22(7-5-21)32-30-27(37-39(32)2)11-9-24-18-34-29(36-31(24)30)16-23-8-10-26(17-28(23)41-3)40-14-12-33-13-15-40/h4-8,10,17-20,33H,9,11-16H2,1-3H3. The molecule has 0 atom stereocenters. The summed E-state index contributed by atoms with van der Waals surface area (Å²) in [7, 11) is 5.70. The number of hydrogen-bond acceptors (Lipinski definition) is 7. The van der Waals surface area contributed by atoms with E-state index in [0.29, 0.717) is 6.42 Å². The highest BCUT2D eigenvalue weighted by Crippen LogP contribution is 2.40. The molecule has 1 fully saturated rings. The molecule has 1 aliphatic heterocycles. The molecule has 1 N–H and O–H groups in total. The number of nitrogens with zero attached hydrogens (tertiary/aromatic N) is 7. The molecule has 0 spiro atoms. The highest BCUT2D eigenvalue weighted by atomic mass is 16.5. The molecular weight excluding hydrogens is 512 g/mol. The van der Waals surface area contributed by atoms with Gasteiger partial charge < -0.3 is 15.0 Å². The van der Waals surface area contributed by atoms with Crippen molar-refractivity contribution in [1.29, 1.82) is 0 Å². The van der Waals surface area contributed by atoms with Gasteiger partial charge in [-0.25, -0.2) is 9.97 Å². The molecule has 9 nitrogen and oxygen atoms in total. The normalized spacial score (nSPS) is 14.6. The van der Waals surface area contributed by atoms with Crippen LogP contribution in [0.2, 0.25) is 0 Å². The number of fused-ring (bicyclic) bond motifs is 3. The van der Waals surface area contributed by atoms with E-state index in [1.54, 1.807) is 7.11 Å². The lowest BCUT2D eigenvalue weighted by Crippen LogP contribution is -2.43. The Morgan fingerprint density at radius 2 is 1.73 bits per heavy atom. The highest BCUT2D eigenvalue weighted by Gasteiger charge is 2.27. The van der Waals surface area contributed by atoms with Crippen LogP contribution in [0.25, 0.3) is 33.6 Å². The Bertz CT molecular complexity index is 1710. The summed E-state index contributed by atoms with van der Waals surface area (Å²) in [6, 6.07) is 15.1. The Balaban J connectivity index is 1.22. The van der Waals surface area contributed by atoms with Gasteiger partial charge in [-0.2, -0.15) is 10.2 Å². The molecule has 41 heavy (non-hydrogen) atoms. The van der Waals surface area contributed by atoms with E-state index in [0.717, 1.165) is 95.5 Å². The minimum absolute atomic E-state index is 0.600. The van der Waals surface area contributed by atoms with Crippen molar-refractivity contribution in [3.63, 3.8) is 0 Å². The lowest BCUT2D eigenvalue weighted by Gasteiger charge is -2.30. The Kier molecular flexibility index (Phi) is 6.51. The number of nitrogens with one attached hydrogen (secondary N) is 1. The van der Waals surface area contributed by atoms with Crippen LogP contribution in [-0.2, 0) is 33.4 Å². The molecule has 2 aliphatic rings. The Hall–Kier alpha value is -4.50. The SMILES string of the molecule is COc1cc(N2CCNCC2)ccc1Cc1ncc2c(n1)-c1c(nn(C)c1-c1ccc(-c3cnn(C)c3)cc1)CC2. The predicted octanol–water partition coefficient (Wildman–Crippen LogP) is 4.05. The maximum atomic E-state index is 5.82. The van der Waals surface area contributed by atoms with Crippen molar-refractivity contribution in [2.75, 3.05) is 38.2 Å². The molecule has 0 bridgehead atoms. The molecule has 3 aromatic heterocycles. The number of hydrogen-bond donors (Lipinski definition) is 1. The lowest BCUT2D eigenvalue weighted by molar-refractivity contribution is 0.410. The largest absolute Gasteiger partial charge is 0.496 e. The van der Waals surface area contributed by atoms with Crippen LogP contribution >= 0.6 is 0 Å². The van der Waals surface area contributed by atoms with Gasteiger partial charge in [0.2, 0.25) is 0 Å². The van der Waals surface area contributed by atoms with Crippen LogP contribution in [-0.4, -0.2) is 62.8 Å². The summed E-state index contributed by atoms with van der Waals surface area (Å²) in [6.45, 7) is 4.00. The van der Waals surface area contributed by atoms with E-state index < -0.39 is 0 Å². The molecule has 0 unspecified atom stereocenters. The molecule has 0 radical (unpaired) electrons. The van der Waals surface area contributed by atoms with Gasteiger partial charge in [0.05, 0.1) is 30.4 Å². The zero-order valence-corrected chi connectivity index (χ0v) is 23.8. The average Bonchev–Trinajstić information content (AvgIpc) is 3.60. The van der Waals surface area contributed by atoms with E-state index in [1.807, 2.05) is 42.0 Å². The quantitative estimate of drug-likeness (QED) is 0.344. The van der Waals surface area contributed by atoms with Gasteiger partial charge in [-0.1, -0.05) is 30.3 Å². The molecular formula is C32H34N8O. The number of aromatic nitrogens is 6. The highest BCUT2D eigenvalue weighted by molar-refractivity contribution is 5.84. The molecule has 4 heterocycles. The van der Waals surface area contributed by atoms with E-state index in [1.165, 1.54) is 11.3 Å². The van der Waals surface area contributed by atoms with E-state index >= 15 is 0 Å². The Labute approximate surface area is 239 Å². The Morgan fingerprint density at radius 3 is 2.49 bits per heavy atom. The molecule has 2 aromatic carbocycles. The van der Waals surface area contributed by atoms with Crippen molar-refractivity contribution < 1.29 is 4.74 Å². The van der Waals surface area contributed by atoms with Crippen LogP contribution < -0.4 is 15.0 Å². The smallest absolute Gasteiger partial charge is 0.133 e. The minimum Gasteiger partial charge on any atom is -0.496 e. The van der Waals surface area contributed by atoms with Crippen LogP contribution in [0, 0.1) is 0 Å². The number of anilines is 1. The van der Waals surface area contributed by atoms with Crippen molar-refractivity contribution in [2.24, 2.45) is 14.1 Å². The van der Waals surface area contributed by atoms with E-state index in [9.17, 15) is 0 Å². The zero-order chi connectivity index (χ0) is 27.9. The summed E-state index contributed by atoms with van der Waals surface area (Å²) in [4.78, 5) is 12.3. The summed E-state index contributed by atoms with van der Waals surface area (Å²) < 4.78 is 9.65.